The van der Waals surface area contributed by atoms with Crippen molar-refractivity contribution in [2.24, 2.45) is 0 Å². The van der Waals surface area contributed by atoms with Crippen molar-refractivity contribution in [1.29, 1.82) is 0 Å². The Kier molecular flexibility index (Phi) is 6.50. The second-order valence-electron chi connectivity index (χ2n) is 9.18. The highest BCUT2D eigenvalue weighted by Gasteiger charge is 2.36. The molecule has 196 valence electrons. The maximum atomic E-state index is 14.1. The lowest BCUT2D eigenvalue weighted by Crippen LogP contribution is -2.38. The molecule has 2 aromatic carbocycles. The Balaban J connectivity index is 1.53. The van der Waals surface area contributed by atoms with Crippen LogP contribution in [0.15, 0.2) is 90.4 Å². The van der Waals surface area contributed by atoms with E-state index in [1.807, 2.05) is 88.6 Å². The third-order valence-corrected chi connectivity index (χ3v) is 7.85. The van der Waals surface area contributed by atoms with E-state index in [-0.39, 0.29) is 12.1 Å². The number of thiophene rings is 1. The van der Waals surface area contributed by atoms with Crippen LogP contribution in [-0.2, 0) is 17.7 Å². The number of aromatic nitrogens is 3. The normalized spacial score (nSPS) is 14.3. The third kappa shape index (κ3) is 4.30. The van der Waals surface area contributed by atoms with Crippen molar-refractivity contribution >= 4 is 29.0 Å². The molecule has 0 unspecified atom stereocenters. The Morgan fingerprint density at radius 1 is 1.03 bits per heavy atom. The van der Waals surface area contributed by atoms with E-state index >= 15 is 0 Å². The van der Waals surface area contributed by atoms with Crippen LogP contribution in [0.4, 0.5) is 10.5 Å². The number of anilines is 1. The molecule has 1 aliphatic heterocycles. The summed E-state index contributed by atoms with van der Waals surface area (Å²) >= 11 is 1.23. The summed E-state index contributed by atoms with van der Waals surface area (Å²) in [6.07, 6.45) is 2.74. The largest absolute Gasteiger partial charge is 0.465 e. The van der Waals surface area contributed by atoms with Crippen LogP contribution in [0.2, 0.25) is 0 Å². The summed E-state index contributed by atoms with van der Waals surface area (Å²) in [5.41, 5.74) is 5.20. The van der Waals surface area contributed by atoms with Crippen LogP contribution < -0.4 is 5.32 Å². The number of hydrogen-bond acceptors (Lipinski definition) is 5. The number of nitrogens with one attached hydrogen (secondary N) is 1. The van der Waals surface area contributed by atoms with Gasteiger partial charge in [0.05, 0.1) is 42.5 Å². The van der Waals surface area contributed by atoms with Gasteiger partial charge in [0.25, 0.3) is 0 Å². The molecule has 6 rings (SSSR count). The van der Waals surface area contributed by atoms with E-state index in [1.54, 1.807) is 11.4 Å². The Labute approximate surface area is 230 Å². The zero-order valence-electron chi connectivity index (χ0n) is 21.6. The third-order valence-electron chi connectivity index (χ3n) is 6.96. The predicted octanol–water partition coefficient (Wildman–Crippen LogP) is 6.21. The molecule has 0 saturated heterocycles. The number of amides is 2. The van der Waals surface area contributed by atoms with Gasteiger partial charge in [-0.05, 0) is 47.7 Å². The van der Waals surface area contributed by atoms with Gasteiger partial charge in [0.15, 0.2) is 0 Å². The van der Waals surface area contributed by atoms with Crippen LogP contribution >= 0.6 is 11.3 Å². The lowest BCUT2D eigenvalue weighted by atomic mass is 10.0. The van der Waals surface area contributed by atoms with Crippen LogP contribution in [0, 0.1) is 0 Å². The molecule has 0 radical (unpaired) electrons. The Morgan fingerprint density at radius 3 is 2.49 bits per heavy atom. The summed E-state index contributed by atoms with van der Waals surface area (Å²) < 4.78 is 9.03. The maximum Gasteiger partial charge on any atom is 0.350 e. The first-order chi connectivity index (χ1) is 19.1. The van der Waals surface area contributed by atoms with Crippen molar-refractivity contribution in [3.05, 3.63) is 118 Å². The summed E-state index contributed by atoms with van der Waals surface area (Å²) in [5, 5.41) is 9.75. The van der Waals surface area contributed by atoms with Gasteiger partial charge in [-0.1, -0.05) is 55.5 Å². The molecule has 39 heavy (non-hydrogen) atoms. The number of nitrogens with zero attached hydrogens (tertiary/aromatic N) is 4. The van der Waals surface area contributed by atoms with Crippen molar-refractivity contribution in [1.82, 2.24) is 19.2 Å². The Bertz CT molecular complexity index is 1640. The minimum atomic E-state index is -0.482. The monoisotopic (exact) mass is 537 g/mol. The summed E-state index contributed by atoms with van der Waals surface area (Å²) in [4.78, 5) is 28.6. The van der Waals surface area contributed by atoms with Gasteiger partial charge in [-0.3, -0.25) is 0 Å². The van der Waals surface area contributed by atoms with E-state index < -0.39 is 5.97 Å². The Morgan fingerprint density at radius 2 is 1.77 bits per heavy atom. The van der Waals surface area contributed by atoms with Gasteiger partial charge in [-0.2, -0.15) is 5.10 Å². The molecule has 4 heterocycles. The molecular weight excluding hydrogens is 510 g/mol. The fraction of sp³-hybridized carbons (Fsp3) is 0.167. The number of rotatable bonds is 5. The van der Waals surface area contributed by atoms with Gasteiger partial charge >= 0.3 is 12.0 Å². The van der Waals surface area contributed by atoms with E-state index in [4.69, 9.17) is 9.84 Å². The fourth-order valence-electron chi connectivity index (χ4n) is 5.18. The second-order valence-corrected chi connectivity index (χ2v) is 10.1. The molecule has 0 aliphatic carbocycles. The molecule has 1 N–H and O–H groups in total. The number of methoxy groups -OCH3 is 1. The minimum Gasteiger partial charge on any atom is -0.465 e. The summed E-state index contributed by atoms with van der Waals surface area (Å²) in [5.74, 6) is 0.435. The molecule has 3 aromatic heterocycles. The first-order valence-corrected chi connectivity index (χ1v) is 13.6. The van der Waals surface area contributed by atoms with Gasteiger partial charge in [-0.25, -0.2) is 14.3 Å². The first kappa shape index (κ1) is 24.7. The quantitative estimate of drug-likeness (QED) is 0.270. The van der Waals surface area contributed by atoms with Crippen LogP contribution in [-0.4, -0.2) is 38.4 Å². The highest BCUT2D eigenvalue weighted by molar-refractivity contribution is 7.12. The second kappa shape index (κ2) is 10.3. The van der Waals surface area contributed by atoms with Gasteiger partial charge in [-0.15, -0.1) is 11.3 Å². The molecule has 5 aromatic rings. The molecule has 0 bridgehead atoms. The van der Waals surface area contributed by atoms with Crippen LogP contribution in [0.1, 0.15) is 45.2 Å². The number of ether oxygens (including phenoxy) is 1. The first-order valence-electron chi connectivity index (χ1n) is 12.7. The van der Waals surface area contributed by atoms with Gasteiger partial charge in [0.1, 0.15) is 10.7 Å². The number of hydrogen-bond donors (Lipinski definition) is 1. The Hall–Kier alpha value is -4.63. The SMILES string of the molecule is CCc1nn(-c2ccccc2)c2c1CN(C(=O)Nc1ccsc1C(=O)OC)[C@H](c1ccccc1)c1cccn1-2. The van der Waals surface area contributed by atoms with Crippen molar-refractivity contribution in [2.45, 2.75) is 25.9 Å². The average Bonchev–Trinajstić information content (AvgIpc) is 3.70. The highest BCUT2D eigenvalue weighted by Crippen LogP contribution is 2.39. The lowest BCUT2D eigenvalue weighted by molar-refractivity contribution is 0.0607. The van der Waals surface area contributed by atoms with E-state index in [0.717, 1.165) is 34.0 Å². The van der Waals surface area contributed by atoms with Gasteiger partial charge in [0.2, 0.25) is 0 Å². The molecule has 0 fully saturated rings. The molecule has 0 spiro atoms. The molecule has 9 heteroatoms. The predicted molar refractivity (Wildman–Crippen MR) is 151 cm³/mol. The molecule has 1 atom stereocenters. The van der Waals surface area contributed by atoms with E-state index in [9.17, 15) is 9.59 Å². The van der Waals surface area contributed by atoms with Crippen molar-refractivity contribution in [2.75, 3.05) is 12.4 Å². The number of fused-ring (bicyclic) bond motifs is 3. The van der Waals surface area contributed by atoms with E-state index in [2.05, 4.69) is 16.8 Å². The van der Waals surface area contributed by atoms with Crippen LogP contribution in [0.25, 0.3) is 11.5 Å². The van der Waals surface area contributed by atoms with Crippen molar-refractivity contribution in [3.63, 3.8) is 0 Å². The summed E-state index contributed by atoms with van der Waals surface area (Å²) in [6.45, 7) is 2.41. The number of urea groups is 1. The number of carbonyl (C=O) groups excluding carboxylic acids is 2. The summed E-state index contributed by atoms with van der Waals surface area (Å²) in [6, 6.07) is 25.1. The number of aryl methyl sites for hydroxylation is 1. The van der Waals surface area contributed by atoms with Crippen LogP contribution in [0.5, 0.6) is 0 Å². The number of para-hydroxylation sites is 1. The highest BCUT2D eigenvalue weighted by atomic mass is 32.1. The minimum absolute atomic E-state index is 0.317. The smallest absolute Gasteiger partial charge is 0.350 e. The standard InChI is InChI=1S/C30H27N5O3S/c1-3-23-22-19-34(30(37)31-24-16-18-39-27(24)29(36)38-2)26(20-11-6-4-7-12-20)25-15-10-17-33(25)28(22)35(32-23)21-13-8-5-9-14-21/h4-18,26H,3,19H2,1-2H3,(H,31,37)/t26-/m1/s1. The van der Waals surface area contributed by atoms with Crippen LogP contribution in [0.3, 0.4) is 0 Å². The molecule has 0 saturated carbocycles. The fourth-order valence-corrected chi connectivity index (χ4v) is 5.95. The van der Waals surface area contributed by atoms with Crippen molar-refractivity contribution < 1.29 is 14.3 Å². The topological polar surface area (TPSA) is 81.4 Å². The molecule has 8 nitrogen and oxygen atoms in total. The van der Waals surface area contributed by atoms with E-state index in [1.165, 1.54) is 18.4 Å². The molecule has 2 amide bonds. The van der Waals surface area contributed by atoms with Gasteiger partial charge < -0.3 is 19.5 Å². The van der Waals surface area contributed by atoms with Crippen molar-refractivity contribution in [3.8, 4) is 11.5 Å². The van der Waals surface area contributed by atoms with Gasteiger partial charge in [0, 0.05) is 11.8 Å². The zero-order valence-corrected chi connectivity index (χ0v) is 22.4. The molecular formula is C30H27N5O3S. The summed E-state index contributed by atoms with van der Waals surface area (Å²) in [7, 11) is 1.33. The average molecular weight is 538 g/mol. The maximum absolute atomic E-state index is 14.1. The number of carbonyl (C=O) groups is 2. The van der Waals surface area contributed by atoms with E-state index in [0.29, 0.717) is 23.5 Å². The molecule has 1 aliphatic rings. The zero-order chi connectivity index (χ0) is 26.9. The number of benzene rings is 2. The number of esters is 1. The lowest BCUT2D eigenvalue weighted by Gasteiger charge is -2.31.